The summed E-state index contributed by atoms with van der Waals surface area (Å²) in [6, 6.07) is 11.1. The predicted molar refractivity (Wildman–Crippen MR) is 140 cm³/mol. The normalized spacial score (nSPS) is 19.8. The average Bonchev–Trinajstić information content (AvgIpc) is 3.22. The molecule has 44 heavy (non-hydrogen) atoms. The van der Waals surface area contributed by atoms with Gasteiger partial charge in [0.25, 0.3) is 0 Å². The standard InChI is InChI=1S/C21H17F6N3O.C8H3ClF3N/c22-20(23,24)13-1-5-18(12(7-13)10-28)31-17-8-15-3-4-16(9-17)30(15)19-6-2-14(11-29-19)21(25,26)27;9-7-2-1-6(8(10,11)12)3-5(7)4-13/h1-2,5-7,11,15-17H,3-4,8-9H2;1-3H/t15-,16+,17?;. The number of alkyl halides is 9. The molecule has 3 aromatic rings. The Labute approximate surface area is 250 Å². The van der Waals surface area contributed by atoms with Gasteiger partial charge >= 0.3 is 18.5 Å². The molecule has 0 spiro atoms. The van der Waals surface area contributed by atoms with E-state index in [1.54, 1.807) is 12.1 Å². The molecular weight excluding hydrogens is 627 g/mol. The van der Waals surface area contributed by atoms with Crippen LogP contribution < -0.4 is 9.64 Å². The molecule has 0 aliphatic carbocycles. The van der Waals surface area contributed by atoms with E-state index in [-0.39, 0.29) is 40.1 Å². The van der Waals surface area contributed by atoms with E-state index in [1.165, 1.54) is 6.07 Å². The Balaban J connectivity index is 0.000000285. The fourth-order valence-corrected chi connectivity index (χ4v) is 5.33. The van der Waals surface area contributed by atoms with Crippen LogP contribution in [0.4, 0.5) is 45.3 Å². The number of halogens is 10. The van der Waals surface area contributed by atoms with Crippen molar-refractivity contribution < 1.29 is 44.3 Å². The van der Waals surface area contributed by atoms with Gasteiger partial charge in [-0.3, -0.25) is 0 Å². The third kappa shape index (κ3) is 7.48. The number of hydrogen-bond donors (Lipinski definition) is 0. The van der Waals surface area contributed by atoms with Gasteiger partial charge < -0.3 is 9.64 Å². The van der Waals surface area contributed by atoms with Gasteiger partial charge in [-0.2, -0.15) is 50.0 Å². The molecule has 5 nitrogen and oxygen atoms in total. The summed E-state index contributed by atoms with van der Waals surface area (Å²) >= 11 is 5.46. The minimum Gasteiger partial charge on any atom is -0.489 e. The Kier molecular flexibility index (Phi) is 9.26. The fraction of sp³-hybridized carbons (Fsp3) is 0.345. The molecule has 1 aromatic heterocycles. The second kappa shape index (κ2) is 12.4. The second-order valence-electron chi connectivity index (χ2n) is 10.0. The lowest BCUT2D eigenvalue weighted by atomic mass is 9.99. The van der Waals surface area contributed by atoms with E-state index in [2.05, 4.69) is 4.98 Å². The molecule has 2 aliphatic heterocycles. The zero-order valence-corrected chi connectivity index (χ0v) is 23.0. The van der Waals surface area contributed by atoms with E-state index in [4.69, 9.17) is 21.6 Å². The molecule has 0 saturated carbocycles. The summed E-state index contributed by atoms with van der Waals surface area (Å²) in [6.45, 7) is 0. The highest BCUT2D eigenvalue weighted by Gasteiger charge is 2.43. The number of rotatable bonds is 3. The van der Waals surface area contributed by atoms with Gasteiger partial charge in [0.2, 0.25) is 0 Å². The zero-order chi connectivity index (χ0) is 32.4. The third-order valence-electron chi connectivity index (χ3n) is 7.16. The third-order valence-corrected chi connectivity index (χ3v) is 7.49. The molecule has 5 rings (SSSR count). The zero-order valence-electron chi connectivity index (χ0n) is 22.2. The first-order chi connectivity index (χ1) is 20.5. The molecule has 2 bridgehead atoms. The molecular formula is C29H20ClF9N4O. The van der Waals surface area contributed by atoms with Gasteiger partial charge in [-0.15, -0.1) is 0 Å². The van der Waals surface area contributed by atoms with E-state index in [0.29, 0.717) is 18.7 Å². The van der Waals surface area contributed by atoms with Crippen LogP contribution in [0.15, 0.2) is 54.7 Å². The Morgan fingerprint density at radius 1 is 0.727 bits per heavy atom. The number of benzene rings is 2. The lowest BCUT2D eigenvalue weighted by Crippen LogP contribution is -2.46. The molecule has 0 amide bonds. The highest BCUT2D eigenvalue weighted by Crippen LogP contribution is 2.41. The highest BCUT2D eigenvalue weighted by molar-refractivity contribution is 6.31. The fourth-order valence-electron chi connectivity index (χ4n) is 5.17. The first-order valence-electron chi connectivity index (χ1n) is 12.9. The Bertz CT molecular complexity index is 1560. The Hall–Kier alpha value is -4.17. The van der Waals surface area contributed by atoms with Crippen molar-refractivity contribution in [1.82, 2.24) is 4.98 Å². The van der Waals surface area contributed by atoms with Crippen LogP contribution in [0.2, 0.25) is 5.02 Å². The van der Waals surface area contributed by atoms with Crippen LogP contribution in [-0.2, 0) is 18.5 Å². The molecule has 0 radical (unpaired) electrons. The molecule has 3 atom stereocenters. The first kappa shape index (κ1) is 32.7. The summed E-state index contributed by atoms with van der Waals surface area (Å²) in [4.78, 5) is 5.99. The van der Waals surface area contributed by atoms with Gasteiger partial charge in [-0.05, 0) is 61.4 Å². The van der Waals surface area contributed by atoms with E-state index in [1.807, 2.05) is 4.90 Å². The summed E-state index contributed by atoms with van der Waals surface area (Å²) in [5.74, 6) is 0.562. The SMILES string of the molecule is N#Cc1cc(C(F)(F)F)ccc1Cl.N#Cc1cc(C(F)(F)F)ccc1OC1C[C@H]2CC[C@@H](C1)N2c1ccc(C(F)(F)F)cn1. The van der Waals surface area contributed by atoms with Crippen LogP contribution in [-0.4, -0.2) is 23.2 Å². The molecule has 1 unspecified atom stereocenters. The van der Waals surface area contributed by atoms with Crippen molar-refractivity contribution in [2.75, 3.05) is 4.90 Å². The minimum absolute atomic E-state index is 0.00651. The average molecular weight is 647 g/mol. The number of piperidine rings is 1. The molecule has 15 heteroatoms. The Morgan fingerprint density at radius 3 is 1.70 bits per heavy atom. The van der Waals surface area contributed by atoms with Gasteiger partial charge in [0.1, 0.15) is 29.8 Å². The van der Waals surface area contributed by atoms with Crippen LogP contribution in [0, 0.1) is 22.7 Å². The van der Waals surface area contributed by atoms with Crippen molar-refractivity contribution in [1.29, 1.82) is 10.5 Å². The highest BCUT2D eigenvalue weighted by atomic mass is 35.5. The van der Waals surface area contributed by atoms with Crippen molar-refractivity contribution in [3.05, 3.63) is 87.6 Å². The lowest BCUT2D eigenvalue weighted by molar-refractivity contribution is -0.138. The minimum atomic E-state index is -4.55. The van der Waals surface area contributed by atoms with Crippen LogP contribution in [0.5, 0.6) is 5.75 Å². The number of ether oxygens (including phenoxy) is 1. The maximum atomic E-state index is 12.9. The maximum Gasteiger partial charge on any atom is 0.417 e. The van der Waals surface area contributed by atoms with E-state index in [9.17, 15) is 44.8 Å². The quantitative estimate of drug-likeness (QED) is 0.266. The van der Waals surface area contributed by atoms with Crippen molar-refractivity contribution in [2.24, 2.45) is 0 Å². The van der Waals surface area contributed by atoms with Crippen molar-refractivity contribution in [3.63, 3.8) is 0 Å². The first-order valence-corrected chi connectivity index (χ1v) is 13.3. The number of nitriles is 2. The topological polar surface area (TPSA) is 72.9 Å². The van der Waals surface area contributed by atoms with Gasteiger partial charge in [0, 0.05) is 31.1 Å². The van der Waals surface area contributed by atoms with Gasteiger partial charge in [-0.1, -0.05) is 11.6 Å². The van der Waals surface area contributed by atoms with Crippen LogP contribution in [0.3, 0.4) is 0 Å². The summed E-state index contributed by atoms with van der Waals surface area (Å²) in [5.41, 5.74) is -2.95. The van der Waals surface area contributed by atoms with Crippen molar-refractivity contribution in [3.8, 4) is 17.9 Å². The van der Waals surface area contributed by atoms with E-state index >= 15 is 0 Å². The lowest BCUT2D eigenvalue weighted by Gasteiger charge is -2.39. The number of pyridine rings is 1. The summed E-state index contributed by atoms with van der Waals surface area (Å²) in [5, 5.41) is 17.7. The van der Waals surface area contributed by atoms with E-state index in [0.717, 1.165) is 61.5 Å². The predicted octanol–water partition coefficient (Wildman–Crippen LogP) is 8.80. The largest absolute Gasteiger partial charge is 0.489 e. The summed E-state index contributed by atoms with van der Waals surface area (Å²) < 4.78 is 119. The summed E-state index contributed by atoms with van der Waals surface area (Å²) in [7, 11) is 0. The smallest absolute Gasteiger partial charge is 0.417 e. The number of fused-ring (bicyclic) bond motifs is 2. The molecule has 2 aliphatic rings. The van der Waals surface area contributed by atoms with Crippen LogP contribution in [0.1, 0.15) is 53.5 Å². The molecule has 232 valence electrons. The monoisotopic (exact) mass is 646 g/mol. The number of anilines is 1. The number of hydrogen-bond acceptors (Lipinski definition) is 5. The number of nitrogens with zero attached hydrogens (tertiary/aromatic N) is 4. The van der Waals surface area contributed by atoms with Gasteiger partial charge in [-0.25, -0.2) is 4.98 Å². The van der Waals surface area contributed by atoms with Gasteiger partial charge in [0.15, 0.2) is 0 Å². The summed E-state index contributed by atoms with van der Waals surface area (Å²) in [6.07, 6.45) is -10.2. The van der Waals surface area contributed by atoms with Crippen LogP contribution in [0.25, 0.3) is 0 Å². The van der Waals surface area contributed by atoms with Gasteiger partial charge in [0.05, 0.1) is 32.8 Å². The molecule has 2 aromatic carbocycles. The maximum absolute atomic E-state index is 12.9. The molecule has 0 N–H and O–H groups in total. The van der Waals surface area contributed by atoms with E-state index < -0.39 is 35.2 Å². The Morgan fingerprint density at radius 2 is 1.23 bits per heavy atom. The van der Waals surface area contributed by atoms with Crippen LogP contribution >= 0.6 is 11.6 Å². The molecule has 2 fully saturated rings. The van der Waals surface area contributed by atoms with Crippen molar-refractivity contribution in [2.45, 2.75) is 62.4 Å². The molecule has 2 saturated heterocycles. The molecule has 3 heterocycles. The second-order valence-corrected chi connectivity index (χ2v) is 10.4. The number of aromatic nitrogens is 1. The van der Waals surface area contributed by atoms with Crippen molar-refractivity contribution >= 4 is 17.4 Å².